The zero-order valence-corrected chi connectivity index (χ0v) is 13.1. The Morgan fingerprint density at radius 1 is 1.52 bits per heavy atom. The highest BCUT2D eigenvalue weighted by atomic mass is 35.5. The van der Waals surface area contributed by atoms with Crippen LogP contribution in [0.2, 0.25) is 5.02 Å². The van der Waals surface area contributed by atoms with Gasteiger partial charge >= 0.3 is 0 Å². The van der Waals surface area contributed by atoms with Crippen molar-refractivity contribution >= 4 is 11.6 Å². The molecule has 1 aromatic carbocycles. The van der Waals surface area contributed by atoms with Crippen molar-refractivity contribution in [1.29, 1.82) is 0 Å². The average molecular weight is 313 g/mol. The van der Waals surface area contributed by atoms with Gasteiger partial charge in [-0.1, -0.05) is 11.6 Å². The van der Waals surface area contributed by atoms with E-state index in [2.05, 4.69) is 10.2 Å². The second-order valence-electron chi connectivity index (χ2n) is 6.00. The van der Waals surface area contributed by atoms with E-state index in [1.807, 2.05) is 7.05 Å². The van der Waals surface area contributed by atoms with Crippen LogP contribution in [0.4, 0.5) is 4.39 Å². The number of nitrogens with zero attached hydrogens (tertiary/aromatic N) is 1. The number of hydrogen-bond acceptors (Lipinski definition) is 3. The van der Waals surface area contributed by atoms with Crippen LogP contribution in [0.3, 0.4) is 0 Å². The minimum absolute atomic E-state index is 0.128. The van der Waals surface area contributed by atoms with E-state index in [-0.39, 0.29) is 18.0 Å². The predicted octanol–water partition coefficient (Wildman–Crippen LogP) is 2.47. The van der Waals surface area contributed by atoms with Gasteiger partial charge in [0.05, 0.1) is 12.7 Å². The molecular weight excluding hydrogens is 291 g/mol. The number of morpholine rings is 1. The van der Waals surface area contributed by atoms with Gasteiger partial charge in [-0.05, 0) is 56.6 Å². The smallest absolute Gasteiger partial charge is 0.123 e. The largest absolute Gasteiger partial charge is 0.374 e. The molecule has 0 spiro atoms. The Hall–Kier alpha value is -0.680. The molecular formula is C16H22ClFN2O. The molecule has 21 heavy (non-hydrogen) atoms. The Labute approximate surface area is 130 Å². The van der Waals surface area contributed by atoms with E-state index < -0.39 is 0 Å². The summed E-state index contributed by atoms with van der Waals surface area (Å²) in [5.74, 6) is -0.242. The molecule has 116 valence electrons. The first-order chi connectivity index (χ1) is 10.2. The van der Waals surface area contributed by atoms with Gasteiger partial charge in [0, 0.05) is 23.7 Å². The lowest BCUT2D eigenvalue weighted by Gasteiger charge is -2.39. The van der Waals surface area contributed by atoms with E-state index in [0.29, 0.717) is 17.5 Å². The van der Waals surface area contributed by atoms with Crippen LogP contribution in [0.25, 0.3) is 0 Å². The molecule has 5 heteroatoms. The number of fused-ring (bicyclic) bond motifs is 1. The van der Waals surface area contributed by atoms with Crippen molar-refractivity contribution in [3.05, 3.63) is 34.6 Å². The van der Waals surface area contributed by atoms with Crippen molar-refractivity contribution in [3.63, 3.8) is 0 Å². The van der Waals surface area contributed by atoms with Crippen LogP contribution in [0, 0.1) is 5.82 Å². The molecule has 2 aliphatic rings. The van der Waals surface area contributed by atoms with Crippen molar-refractivity contribution in [2.24, 2.45) is 0 Å². The molecule has 0 saturated carbocycles. The maximum absolute atomic E-state index is 13.4. The Balaban J connectivity index is 1.68. The fourth-order valence-electron chi connectivity index (χ4n) is 3.44. The summed E-state index contributed by atoms with van der Waals surface area (Å²) < 4.78 is 19.4. The van der Waals surface area contributed by atoms with Gasteiger partial charge in [0.1, 0.15) is 5.82 Å². The van der Waals surface area contributed by atoms with E-state index >= 15 is 0 Å². The Kier molecular flexibility index (Phi) is 4.79. The molecule has 3 rings (SSSR count). The van der Waals surface area contributed by atoms with Gasteiger partial charge in [-0.25, -0.2) is 4.39 Å². The third kappa shape index (κ3) is 3.39. The number of rotatable bonds is 4. The number of nitrogens with one attached hydrogen (secondary N) is 1. The summed E-state index contributed by atoms with van der Waals surface area (Å²) in [6, 6.07) is 5.28. The third-order valence-electron chi connectivity index (χ3n) is 4.68. The normalized spacial score (nSPS) is 27.6. The maximum Gasteiger partial charge on any atom is 0.123 e. The number of hydrogen-bond donors (Lipinski definition) is 1. The minimum Gasteiger partial charge on any atom is -0.374 e. The van der Waals surface area contributed by atoms with Gasteiger partial charge in [0.15, 0.2) is 0 Å². The fraction of sp³-hybridized carbons (Fsp3) is 0.625. The first kappa shape index (κ1) is 15.2. The maximum atomic E-state index is 13.4. The zero-order valence-electron chi connectivity index (χ0n) is 12.3. The SMILES string of the molecule is CNC(Cc1cc(F)ccc1Cl)C1CN2CCCC2CO1. The monoisotopic (exact) mass is 312 g/mol. The molecule has 0 bridgehead atoms. The molecule has 0 aromatic heterocycles. The van der Waals surface area contributed by atoms with Crippen LogP contribution in [-0.2, 0) is 11.2 Å². The van der Waals surface area contributed by atoms with Crippen LogP contribution >= 0.6 is 11.6 Å². The van der Waals surface area contributed by atoms with Crippen molar-refractivity contribution in [1.82, 2.24) is 10.2 Å². The van der Waals surface area contributed by atoms with E-state index in [1.165, 1.54) is 31.5 Å². The summed E-state index contributed by atoms with van der Waals surface area (Å²) >= 11 is 6.18. The molecule has 0 aliphatic carbocycles. The number of likely N-dealkylation sites (N-methyl/N-ethyl adjacent to an activating group) is 1. The lowest BCUT2D eigenvalue weighted by Crippen LogP contribution is -2.54. The Morgan fingerprint density at radius 3 is 3.19 bits per heavy atom. The van der Waals surface area contributed by atoms with Gasteiger partial charge < -0.3 is 10.1 Å². The molecule has 2 saturated heterocycles. The molecule has 0 radical (unpaired) electrons. The standard InChI is InChI=1S/C16H22ClFN2O/c1-19-15(8-11-7-12(18)4-5-14(11)17)16-9-20-6-2-3-13(20)10-21-16/h4-5,7,13,15-16,19H,2-3,6,8-10H2,1H3. The minimum atomic E-state index is -0.242. The second kappa shape index (κ2) is 6.61. The molecule has 2 aliphatic heterocycles. The summed E-state index contributed by atoms with van der Waals surface area (Å²) in [5.41, 5.74) is 0.836. The molecule has 1 aromatic rings. The van der Waals surface area contributed by atoms with Crippen LogP contribution in [0.1, 0.15) is 18.4 Å². The molecule has 1 N–H and O–H groups in total. The number of benzene rings is 1. The molecule has 3 nitrogen and oxygen atoms in total. The van der Waals surface area contributed by atoms with Gasteiger partial charge in [-0.3, -0.25) is 4.90 Å². The van der Waals surface area contributed by atoms with E-state index in [9.17, 15) is 4.39 Å². The summed E-state index contributed by atoms with van der Waals surface area (Å²) in [6.45, 7) is 2.92. The highest BCUT2D eigenvalue weighted by Gasteiger charge is 2.35. The van der Waals surface area contributed by atoms with Gasteiger partial charge in [-0.15, -0.1) is 0 Å². The lowest BCUT2D eigenvalue weighted by molar-refractivity contribution is -0.0634. The number of halogens is 2. The Bertz CT molecular complexity index is 499. The summed E-state index contributed by atoms with van der Waals surface area (Å²) in [6.07, 6.45) is 3.31. The van der Waals surface area contributed by atoms with Gasteiger partial charge in [-0.2, -0.15) is 0 Å². The molecule has 2 heterocycles. The van der Waals surface area contributed by atoms with Gasteiger partial charge in [0.2, 0.25) is 0 Å². The molecule has 2 fully saturated rings. The molecule has 3 unspecified atom stereocenters. The summed E-state index contributed by atoms with van der Waals surface area (Å²) in [7, 11) is 1.93. The third-order valence-corrected chi connectivity index (χ3v) is 5.05. The van der Waals surface area contributed by atoms with E-state index in [4.69, 9.17) is 16.3 Å². The topological polar surface area (TPSA) is 24.5 Å². The lowest BCUT2D eigenvalue weighted by atomic mass is 9.99. The van der Waals surface area contributed by atoms with Crippen LogP contribution in [0.15, 0.2) is 18.2 Å². The quantitative estimate of drug-likeness (QED) is 0.924. The predicted molar refractivity (Wildman–Crippen MR) is 82.3 cm³/mol. The second-order valence-corrected chi connectivity index (χ2v) is 6.40. The molecule has 0 amide bonds. The van der Waals surface area contributed by atoms with Crippen LogP contribution < -0.4 is 5.32 Å². The Morgan fingerprint density at radius 2 is 2.38 bits per heavy atom. The highest BCUT2D eigenvalue weighted by molar-refractivity contribution is 6.31. The van der Waals surface area contributed by atoms with Crippen molar-refractivity contribution < 1.29 is 9.13 Å². The van der Waals surface area contributed by atoms with Crippen molar-refractivity contribution in [2.75, 3.05) is 26.7 Å². The summed E-state index contributed by atoms with van der Waals surface area (Å²) in [4.78, 5) is 2.52. The average Bonchev–Trinajstić information content (AvgIpc) is 2.95. The van der Waals surface area contributed by atoms with Gasteiger partial charge in [0.25, 0.3) is 0 Å². The van der Waals surface area contributed by atoms with Crippen LogP contribution in [-0.4, -0.2) is 49.8 Å². The molecule has 3 atom stereocenters. The van der Waals surface area contributed by atoms with E-state index in [0.717, 1.165) is 18.7 Å². The van der Waals surface area contributed by atoms with Crippen LogP contribution in [0.5, 0.6) is 0 Å². The first-order valence-electron chi connectivity index (χ1n) is 7.64. The first-order valence-corrected chi connectivity index (χ1v) is 8.02. The van der Waals surface area contributed by atoms with Crippen molar-refractivity contribution in [3.8, 4) is 0 Å². The highest BCUT2D eigenvalue weighted by Crippen LogP contribution is 2.26. The summed E-state index contributed by atoms with van der Waals surface area (Å²) in [5, 5.41) is 3.93. The van der Waals surface area contributed by atoms with E-state index in [1.54, 1.807) is 6.07 Å². The number of ether oxygens (including phenoxy) is 1. The fourth-order valence-corrected chi connectivity index (χ4v) is 3.64. The zero-order chi connectivity index (χ0) is 14.8. The van der Waals surface area contributed by atoms with Crippen molar-refractivity contribution in [2.45, 2.75) is 37.5 Å².